The van der Waals surface area contributed by atoms with E-state index in [-0.39, 0.29) is 18.4 Å². The molecule has 3 aromatic carbocycles. The molecule has 1 unspecified atom stereocenters. The lowest BCUT2D eigenvalue weighted by atomic mass is 9.97. The van der Waals surface area contributed by atoms with Gasteiger partial charge in [-0.25, -0.2) is 0 Å². The number of carbonyl (C=O) groups excluding carboxylic acids is 2. The minimum atomic E-state index is -0.242. The Morgan fingerprint density at radius 3 is 2.37 bits per heavy atom. The first kappa shape index (κ1) is 24.3. The van der Waals surface area contributed by atoms with Crippen LogP contribution < -0.4 is 25.4 Å². The van der Waals surface area contributed by atoms with Crippen LogP contribution in [0.3, 0.4) is 0 Å². The Bertz CT molecular complexity index is 1170. The van der Waals surface area contributed by atoms with E-state index >= 15 is 0 Å². The van der Waals surface area contributed by atoms with Crippen LogP contribution in [-0.2, 0) is 6.54 Å². The Morgan fingerprint density at radius 1 is 0.886 bits per heavy atom. The van der Waals surface area contributed by atoms with Crippen molar-refractivity contribution in [3.8, 4) is 11.5 Å². The molecule has 1 heterocycles. The zero-order valence-corrected chi connectivity index (χ0v) is 20.1. The number of methoxy groups -OCH3 is 2. The summed E-state index contributed by atoms with van der Waals surface area (Å²) in [5.74, 6) is 0.611. The van der Waals surface area contributed by atoms with E-state index in [4.69, 9.17) is 9.47 Å². The fraction of sp³-hybridized carbons (Fsp3) is 0.286. The highest BCUT2D eigenvalue weighted by atomic mass is 16.5. The summed E-state index contributed by atoms with van der Waals surface area (Å²) in [5.41, 5.74) is 3.81. The third-order valence-electron chi connectivity index (χ3n) is 6.17. The Hall–Kier alpha value is -3.84. The van der Waals surface area contributed by atoms with Crippen molar-refractivity contribution < 1.29 is 19.1 Å². The van der Waals surface area contributed by atoms with Crippen molar-refractivity contribution in [1.29, 1.82) is 0 Å². The number of benzene rings is 3. The second-order valence-electron chi connectivity index (χ2n) is 8.53. The van der Waals surface area contributed by atoms with Crippen LogP contribution in [0.4, 0.5) is 5.69 Å². The van der Waals surface area contributed by atoms with Crippen LogP contribution in [0.15, 0.2) is 66.7 Å². The van der Waals surface area contributed by atoms with Crippen molar-refractivity contribution in [3.63, 3.8) is 0 Å². The third kappa shape index (κ3) is 6.19. The molecular weight excluding hydrogens is 442 g/mol. The van der Waals surface area contributed by atoms with Crippen molar-refractivity contribution in [2.45, 2.75) is 31.8 Å². The average Bonchev–Trinajstić information content (AvgIpc) is 2.92. The molecule has 35 heavy (non-hydrogen) atoms. The fourth-order valence-corrected chi connectivity index (χ4v) is 4.22. The number of nitrogens with one attached hydrogen (secondary N) is 3. The molecule has 1 atom stereocenters. The Kier molecular flexibility index (Phi) is 8.00. The zero-order chi connectivity index (χ0) is 24.6. The van der Waals surface area contributed by atoms with Crippen LogP contribution in [0.25, 0.3) is 0 Å². The van der Waals surface area contributed by atoms with Gasteiger partial charge in [0.2, 0.25) is 0 Å². The monoisotopic (exact) mass is 473 g/mol. The lowest BCUT2D eigenvalue weighted by Crippen LogP contribution is -2.26. The highest BCUT2D eigenvalue weighted by Gasteiger charge is 2.15. The molecule has 3 aromatic rings. The van der Waals surface area contributed by atoms with Crippen molar-refractivity contribution in [2.24, 2.45) is 0 Å². The first-order valence-electron chi connectivity index (χ1n) is 11.8. The standard InChI is InChI=1S/C28H31N3O4/c1-34-25-14-11-22(17-26(25)35-2)27(32)30-18-19-6-5-7-21(16-19)28(33)31-23-12-9-20(10-13-23)24-8-3-4-15-29-24/h5-7,9-14,16-17,24,29H,3-4,8,15,18H2,1-2H3,(H,30,32)(H,31,33). The van der Waals surface area contributed by atoms with Crippen molar-refractivity contribution in [1.82, 2.24) is 10.6 Å². The van der Waals surface area contributed by atoms with Gasteiger partial charge >= 0.3 is 0 Å². The van der Waals surface area contributed by atoms with E-state index in [1.54, 1.807) is 37.4 Å². The van der Waals surface area contributed by atoms with Gasteiger partial charge in [-0.15, -0.1) is 0 Å². The van der Waals surface area contributed by atoms with Gasteiger partial charge in [-0.1, -0.05) is 30.7 Å². The molecule has 7 heteroatoms. The summed E-state index contributed by atoms with van der Waals surface area (Å²) in [7, 11) is 3.07. The van der Waals surface area contributed by atoms with Crippen LogP contribution in [0.1, 0.15) is 57.1 Å². The van der Waals surface area contributed by atoms with Gasteiger partial charge in [-0.3, -0.25) is 9.59 Å². The lowest BCUT2D eigenvalue weighted by Gasteiger charge is -2.24. The quantitative estimate of drug-likeness (QED) is 0.441. The van der Waals surface area contributed by atoms with E-state index in [1.807, 2.05) is 24.3 Å². The maximum absolute atomic E-state index is 12.8. The minimum absolute atomic E-state index is 0.193. The maximum Gasteiger partial charge on any atom is 0.255 e. The summed E-state index contributed by atoms with van der Waals surface area (Å²) in [6.45, 7) is 1.34. The minimum Gasteiger partial charge on any atom is -0.493 e. The smallest absolute Gasteiger partial charge is 0.255 e. The lowest BCUT2D eigenvalue weighted by molar-refractivity contribution is 0.0950. The number of piperidine rings is 1. The van der Waals surface area contributed by atoms with Gasteiger partial charge < -0.3 is 25.4 Å². The topological polar surface area (TPSA) is 88.7 Å². The number of hydrogen-bond acceptors (Lipinski definition) is 5. The van der Waals surface area contributed by atoms with Crippen LogP contribution in [0.2, 0.25) is 0 Å². The number of hydrogen-bond donors (Lipinski definition) is 3. The van der Waals surface area contributed by atoms with Crippen LogP contribution in [0.5, 0.6) is 11.5 Å². The van der Waals surface area contributed by atoms with E-state index in [1.165, 1.54) is 25.5 Å². The predicted octanol–water partition coefficient (Wildman–Crippen LogP) is 4.70. The molecule has 3 N–H and O–H groups in total. The fourth-order valence-electron chi connectivity index (χ4n) is 4.22. The van der Waals surface area contributed by atoms with Gasteiger partial charge in [-0.2, -0.15) is 0 Å². The molecule has 1 aliphatic rings. The SMILES string of the molecule is COc1ccc(C(=O)NCc2cccc(C(=O)Nc3ccc(C4CCCCN4)cc3)c2)cc1OC. The normalized spacial score (nSPS) is 15.2. The number of anilines is 1. The van der Waals surface area contributed by atoms with Crippen LogP contribution in [0, 0.1) is 0 Å². The summed E-state index contributed by atoms with van der Waals surface area (Å²) < 4.78 is 10.5. The average molecular weight is 474 g/mol. The molecule has 0 aromatic heterocycles. The van der Waals surface area contributed by atoms with Gasteiger partial charge in [-0.05, 0) is 73.0 Å². The number of amides is 2. The van der Waals surface area contributed by atoms with Gasteiger partial charge in [0.15, 0.2) is 11.5 Å². The van der Waals surface area contributed by atoms with Crippen molar-refractivity contribution in [2.75, 3.05) is 26.1 Å². The number of carbonyl (C=O) groups is 2. The van der Waals surface area contributed by atoms with Crippen LogP contribution in [-0.4, -0.2) is 32.6 Å². The predicted molar refractivity (Wildman–Crippen MR) is 136 cm³/mol. The number of rotatable bonds is 8. The second-order valence-corrected chi connectivity index (χ2v) is 8.53. The largest absolute Gasteiger partial charge is 0.493 e. The zero-order valence-electron chi connectivity index (χ0n) is 20.1. The maximum atomic E-state index is 12.8. The summed E-state index contributed by atoms with van der Waals surface area (Å²) in [4.78, 5) is 25.4. The summed E-state index contributed by atoms with van der Waals surface area (Å²) in [6, 6.07) is 20.6. The molecule has 0 bridgehead atoms. The molecule has 0 radical (unpaired) electrons. The molecule has 4 rings (SSSR count). The molecule has 1 aliphatic heterocycles. The van der Waals surface area contributed by atoms with Gasteiger partial charge in [0.25, 0.3) is 11.8 Å². The van der Waals surface area contributed by atoms with Crippen molar-refractivity contribution in [3.05, 3.63) is 89.0 Å². The molecular formula is C28H31N3O4. The highest BCUT2D eigenvalue weighted by Crippen LogP contribution is 2.27. The highest BCUT2D eigenvalue weighted by molar-refractivity contribution is 6.04. The molecule has 0 spiro atoms. The molecule has 1 saturated heterocycles. The Balaban J connectivity index is 1.35. The summed E-state index contributed by atoms with van der Waals surface area (Å²) in [6.07, 6.45) is 3.60. The van der Waals surface area contributed by atoms with E-state index in [9.17, 15) is 9.59 Å². The van der Waals surface area contributed by atoms with E-state index < -0.39 is 0 Å². The van der Waals surface area contributed by atoms with Crippen LogP contribution >= 0.6 is 0 Å². The summed E-state index contributed by atoms with van der Waals surface area (Å²) in [5, 5.41) is 9.38. The second kappa shape index (κ2) is 11.5. The molecule has 0 saturated carbocycles. The molecule has 2 amide bonds. The third-order valence-corrected chi connectivity index (χ3v) is 6.17. The molecule has 182 valence electrons. The Labute approximate surface area is 205 Å². The van der Waals surface area contributed by atoms with E-state index in [0.29, 0.717) is 28.7 Å². The van der Waals surface area contributed by atoms with E-state index in [2.05, 4.69) is 28.1 Å². The van der Waals surface area contributed by atoms with E-state index in [0.717, 1.165) is 24.2 Å². The van der Waals surface area contributed by atoms with Gasteiger partial charge in [0.05, 0.1) is 14.2 Å². The number of ether oxygens (including phenoxy) is 2. The first-order chi connectivity index (χ1) is 17.1. The van der Waals surface area contributed by atoms with Crippen molar-refractivity contribution >= 4 is 17.5 Å². The molecule has 7 nitrogen and oxygen atoms in total. The molecule has 1 fully saturated rings. The first-order valence-corrected chi connectivity index (χ1v) is 11.8. The Morgan fingerprint density at radius 2 is 1.66 bits per heavy atom. The summed E-state index contributed by atoms with van der Waals surface area (Å²) >= 11 is 0. The molecule has 0 aliphatic carbocycles. The van der Waals surface area contributed by atoms with Gasteiger partial charge in [0.1, 0.15) is 0 Å². The van der Waals surface area contributed by atoms with Gasteiger partial charge in [0, 0.05) is 29.4 Å².